The Hall–Kier alpha value is -1.10. The van der Waals surface area contributed by atoms with E-state index in [1.807, 2.05) is 13.8 Å². The molecule has 0 aliphatic carbocycles. The number of hydrogen-bond donors (Lipinski definition) is 3. The SMILES string of the molecule is CC(C)CC(CNC(=O)C1NCCCC1C)C(=O)O. The van der Waals surface area contributed by atoms with Crippen LogP contribution in [0.5, 0.6) is 0 Å². The molecule has 110 valence electrons. The van der Waals surface area contributed by atoms with Crippen LogP contribution in [0, 0.1) is 17.8 Å². The fraction of sp³-hybridized carbons (Fsp3) is 0.857. The van der Waals surface area contributed by atoms with Gasteiger partial charge in [0.25, 0.3) is 0 Å². The van der Waals surface area contributed by atoms with Crippen molar-refractivity contribution in [3.63, 3.8) is 0 Å². The molecule has 19 heavy (non-hydrogen) atoms. The maximum Gasteiger partial charge on any atom is 0.308 e. The lowest BCUT2D eigenvalue weighted by Crippen LogP contribution is -2.52. The summed E-state index contributed by atoms with van der Waals surface area (Å²) in [6.45, 7) is 7.11. The molecule has 1 amide bonds. The molecular weight excluding hydrogens is 244 g/mol. The van der Waals surface area contributed by atoms with Gasteiger partial charge in [0, 0.05) is 6.54 Å². The van der Waals surface area contributed by atoms with Crippen molar-refractivity contribution < 1.29 is 14.7 Å². The maximum atomic E-state index is 12.1. The van der Waals surface area contributed by atoms with E-state index >= 15 is 0 Å². The van der Waals surface area contributed by atoms with Gasteiger partial charge in [-0.2, -0.15) is 0 Å². The average molecular weight is 270 g/mol. The van der Waals surface area contributed by atoms with Crippen LogP contribution in [0.4, 0.5) is 0 Å². The molecule has 1 aliphatic rings. The van der Waals surface area contributed by atoms with Crippen LogP contribution in [0.3, 0.4) is 0 Å². The number of hydrogen-bond acceptors (Lipinski definition) is 3. The fourth-order valence-electron chi connectivity index (χ4n) is 2.57. The summed E-state index contributed by atoms with van der Waals surface area (Å²) in [6.07, 6.45) is 2.72. The molecule has 1 saturated heterocycles. The number of aliphatic carboxylic acids is 1. The van der Waals surface area contributed by atoms with Gasteiger partial charge in [-0.1, -0.05) is 20.8 Å². The number of nitrogens with one attached hydrogen (secondary N) is 2. The Morgan fingerprint density at radius 3 is 2.63 bits per heavy atom. The summed E-state index contributed by atoms with van der Waals surface area (Å²) in [5.74, 6) is -0.782. The van der Waals surface area contributed by atoms with E-state index in [0.717, 1.165) is 19.4 Å². The summed E-state index contributed by atoms with van der Waals surface area (Å²) >= 11 is 0. The summed E-state index contributed by atoms with van der Waals surface area (Å²) in [7, 11) is 0. The molecule has 3 unspecified atom stereocenters. The third-order valence-electron chi connectivity index (χ3n) is 3.68. The molecule has 0 aromatic rings. The molecular formula is C14H26N2O3. The number of carboxylic acids is 1. The van der Waals surface area contributed by atoms with E-state index in [0.29, 0.717) is 18.3 Å². The van der Waals surface area contributed by atoms with Gasteiger partial charge in [0.1, 0.15) is 0 Å². The van der Waals surface area contributed by atoms with Gasteiger partial charge in [-0.25, -0.2) is 0 Å². The molecule has 0 radical (unpaired) electrons. The van der Waals surface area contributed by atoms with Crippen LogP contribution < -0.4 is 10.6 Å². The Morgan fingerprint density at radius 2 is 2.11 bits per heavy atom. The highest BCUT2D eigenvalue weighted by Crippen LogP contribution is 2.16. The quantitative estimate of drug-likeness (QED) is 0.678. The average Bonchev–Trinajstić information content (AvgIpc) is 2.34. The van der Waals surface area contributed by atoms with Crippen molar-refractivity contribution >= 4 is 11.9 Å². The first-order valence-electron chi connectivity index (χ1n) is 7.15. The van der Waals surface area contributed by atoms with Crippen molar-refractivity contribution in [2.75, 3.05) is 13.1 Å². The number of piperidine rings is 1. The molecule has 1 aliphatic heterocycles. The minimum absolute atomic E-state index is 0.0674. The van der Waals surface area contributed by atoms with Crippen molar-refractivity contribution in [3.05, 3.63) is 0 Å². The third kappa shape index (κ3) is 5.19. The van der Waals surface area contributed by atoms with Crippen molar-refractivity contribution in [1.29, 1.82) is 0 Å². The van der Waals surface area contributed by atoms with Gasteiger partial charge in [0.05, 0.1) is 12.0 Å². The summed E-state index contributed by atoms with van der Waals surface area (Å²) in [5, 5.41) is 15.1. The normalized spacial score (nSPS) is 25.1. The number of carboxylic acid groups (broad SMARTS) is 1. The smallest absolute Gasteiger partial charge is 0.308 e. The standard InChI is InChI=1S/C14H26N2O3/c1-9(2)7-11(14(18)19)8-16-13(17)12-10(3)5-4-6-15-12/h9-12,15H,4-8H2,1-3H3,(H,16,17)(H,18,19). The van der Waals surface area contributed by atoms with Crippen LogP contribution in [-0.4, -0.2) is 36.1 Å². The summed E-state index contributed by atoms with van der Waals surface area (Å²) in [4.78, 5) is 23.2. The molecule has 1 heterocycles. The van der Waals surface area contributed by atoms with Crippen molar-refractivity contribution in [2.24, 2.45) is 17.8 Å². The number of carbonyl (C=O) groups excluding carboxylic acids is 1. The summed E-state index contributed by atoms with van der Waals surface area (Å²) in [6, 6.07) is -0.178. The molecule has 3 atom stereocenters. The maximum absolute atomic E-state index is 12.1. The summed E-state index contributed by atoms with van der Waals surface area (Å²) < 4.78 is 0. The predicted octanol–water partition coefficient (Wildman–Crippen LogP) is 1.24. The fourth-order valence-corrected chi connectivity index (χ4v) is 2.57. The van der Waals surface area contributed by atoms with E-state index in [9.17, 15) is 9.59 Å². The second-order valence-corrected chi connectivity index (χ2v) is 5.96. The van der Waals surface area contributed by atoms with E-state index < -0.39 is 11.9 Å². The van der Waals surface area contributed by atoms with Gasteiger partial charge in [-0.05, 0) is 37.6 Å². The minimum atomic E-state index is -0.835. The number of carbonyl (C=O) groups is 2. The summed E-state index contributed by atoms with van der Waals surface area (Å²) in [5.41, 5.74) is 0. The first-order chi connectivity index (χ1) is 8.91. The van der Waals surface area contributed by atoms with Gasteiger partial charge in [0.2, 0.25) is 5.91 Å². The van der Waals surface area contributed by atoms with Crippen LogP contribution in [0.25, 0.3) is 0 Å². The van der Waals surface area contributed by atoms with Gasteiger partial charge in [-0.15, -0.1) is 0 Å². The monoisotopic (exact) mass is 270 g/mol. The molecule has 0 spiro atoms. The van der Waals surface area contributed by atoms with Crippen LogP contribution >= 0.6 is 0 Å². The van der Waals surface area contributed by atoms with Crippen molar-refractivity contribution in [3.8, 4) is 0 Å². The Balaban J connectivity index is 2.44. The first-order valence-corrected chi connectivity index (χ1v) is 7.15. The molecule has 3 N–H and O–H groups in total. The van der Waals surface area contributed by atoms with Gasteiger partial charge >= 0.3 is 5.97 Å². The Morgan fingerprint density at radius 1 is 1.42 bits per heavy atom. The first kappa shape index (κ1) is 16.0. The van der Waals surface area contributed by atoms with E-state index in [1.54, 1.807) is 0 Å². The van der Waals surface area contributed by atoms with E-state index in [4.69, 9.17) is 5.11 Å². The predicted molar refractivity (Wildman–Crippen MR) is 73.8 cm³/mol. The third-order valence-corrected chi connectivity index (χ3v) is 3.68. The number of amides is 1. The van der Waals surface area contributed by atoms with Gasteiger partial charge in [-0.3, -0.25) is 9.59 Å². The zero-order valence-corrected chi connectivity index (χ0v) is 12.1. The second-order valence-electron chi connectivity index (χ2n) is 5.96. The Bertz CT molecular complexity index is 318. The molecule has 1 rings (SSSR count). The molecule has 0 aromatic carbocycles. The van der Waals surface area contributed by atoms with Gasteiger partial charge < -0.3 is 15.7 Å². The highest BCUT2D eigenvalue weighted by Gasteiger charge is 2.28. The van der Waals surface area contributed by atoms with Crippen molar-refractivity contribution in [2.45, 2.75) is 46.1 Å². The molecule has 5 nitrogen and oxygen atoms in total. The Kier molecular flexibility index (Phi) is 6.28. The molecule has 5 heteroatoms. The largest absolute Gasteiger partial charge is 0.481 e. The molecule has 0 bridgehead atoms. The molecule has 1 fully saturated rings. The zero-order chi connectivity index (χ0) is 14.4. The molecule has 0 saturated carbocycles. The van der Waals surface area contributed by atoms with E-state index in [-0.39, 0.29) is 18.5 Å². The van der Waals surface area contributed by atoms with Gasteiger partial charge in [0.15, 0.2) is 0 Å². The van der Waals surface area contributed by atoms with Crippen LogP contribution in [0.2, 0.25) is 0 Å². The lowest BCUT2D eigenvalue weighted by molar-refractivity contribution is -0.142. The highest BCUT2D eigenvalue weighted by molar-refractivity contribution is 5.82. The van der Waals surface area contributed by atoms with E-state index in [2.05, 4.69) is 17.6 Å². The minimum Gasteiger partial charge on any atom is -0.481 e. The topological polar surface area (TPSA) is 78.4 Å². The number of rotatable bonds is 6. The lowest BCUT2D eigenvalue weighted by atomic mass is 9.91. The van der Waals surface area contributed by atoms with Crippen LogP contribution in [0.1, 0.15) is 40.0 Å². The van der Waals surface area contributed by atoms with Crippen LogP contribution in [-0.2, 0) is 9.59 Å². The zero-order valence-electron chi connectivity index (χ0n) is 12.1. The lowest BCUT2D eigenvalue weighted by Gasteiger charge is -2.29. The van der Waals surface area contributed by atoms with E-state index in [1.165, 1.54) is 0 Å². The second kappa shape index (κ2) is 7.48. The van der Waals surface area contributed by atoms with Crippen LogP contribution in [0.15, 0.2) is 0 Å². The van der Waals surface area contributed by atoms with Crippen molar-refractivity contribution in [1.82, 2.24) is 10.6 Å². The highest BCUT2D eigenvalue weighted by atomic mass is 16.4. The Labute approximate surface area is 115 Å². The molecule has 0 aromatic heterocycles.